The maximum absolute atomic E-state index is 14.0. The minimum Gasteiger partial charge on any atom is -0.355 e. The van der Waals surface area contributed by atoms with Gasteiger partial charge >= 0.3 is 0 Å². The summed E-state index contributed by atoms with van der Waals surface area (Å²) in [6.07, 6.45) is 5.43. The van der Waals surface area contributed by atoms with E-state index in [1.807, 2.05) is 54.6 Å². The molecule has 4 nitrogen and oxygen atoms in total. The molecule has 0 aliphatic carbocycles. The van der Waals surface area contributed by atoms with Crippen molar-refractivity contribution in [2.75, 3.05) is 0 Å². The van der Waals surface area contributed by atoms with Crippen LogP contribution in [0, 0.1) is 17.5 Å². The molecule has 2 N–H and O–H groups in total. The number of fused-ring (bicyclic) bond motifs is 8. The highest BCUT2D eigenvalue weighted by Gasteiger charge is 2.18. The molecule has 5 heterocycles. The standard InChI is InChI=1S/C26H15F3N4/c27-23-7-14(8-24(28)26(23)29)22-12-21-11-19-4-3-17(31-19)9-15-1-2-16(30-15)10-18-5-6-20(32-18)13-25(22)33-21/h1-13,30-31H. The van der Waals surface area contributed by atoms with E-state index in [4.69, 9.17) is 0 Å². The second kappa shape index (κ2) is 7.34. The van der Waals surface area contributed by atoms with Crippen molar-refractivity contribution in [3.8, 4) is 0 Å². The lowest BCUT2D eigenvalue weighted by Crippen LogP contribution is -1.95. The van der Waals surface area contributed by atoms with Crippen LogP contribution in [0.25, 0.3) is 45.9 Å². The molecule has 2 aliphatic heterocycles. The topological polar surface area (TPSA) is 57.4 Å². The lowest BCUT2D eigenvalue weighted by molar-refractivity contribution is 0.446. The van der Waals surface area contributed by atoms with Gasteiger partial charge in [0.2, 0.25) is 0 Å². The smallest absolute Gasteiger partial charge is 0.194 e. The first-order valence-electron chi connectivity index (χ1n) is 10.2. The van der Waals surface area contributed by atoms with Crippen molar-refractivity contribution in [1.82, 2.24) is 19.9 Å². The van der Waals surface area contributed by atoms with Crippen LogP contribution in [0.3, 0.4) is 0 Å². The SMILES string of the molecule is Fc1cc(C2=Cc3cc4ccc(cc5ccc(cc6nc(cc2n3)C=C6)[nH]5)[nH]4)cc(F)c1F. The number of benzene rings is 1. The number of hydrogen-bond donors (Lipinski definition) is 2. The van der Waals surface area contributed by atoms with Crippen LogP contribution < -0.4 is 0 Å². The van der Waals surface area contributed by atoms with Crippen molar-refractivity contribution in [3.63, 3.8) is 0 Å². The normalized spacial score (nSPS) is 12.8. The van der Waals surface area contributed by atoms with Crippen molar-refractivity contribution in [3.05, 3.63) is 106 Å². The van der Waals surface area contributed by atoms with E-state index in [2.05, 4.69) is 19.9 Å². The van der Waals surface area contributed by atoms with Gasteiger partial charge < -0.3 is 9.97 Å². The zero-order chi connectivity index (χ0) is 22.5. The zero-order valence-corrected chi connectivity index (χ0v) is 17.0. The summed E-state index contributed by atoms with van der Waals surface area (Å²) in [7, 11) is 0. The second-order valence-electron chi connectivity index (χ2n) is 7.84. The molecule has 7 heteroatoms. The highest BCUT2D eigenvalue weighted by molar-refractivity contribution is 5.93. The Balaban J connectivity index is 1.63. The Morgan fingerprint density at radius 3 is 1.76 bits per heavy atom. The fraction of sp³-hybridized carbons (Fsp3) is 0. The summed E-state index contributed by atoms with van der Waals surface area (Å²) < 4.78 is 41.4. The van der Waals surface area contributed by atoms with Crippen molar-refractivity contribution in [1.29, 1.82) is 0 Å². The van der Waals surface area contributed by atoms with Crippen molar-refractivity contribution in [2.24, 2.45) is 0 Å². The Morgan fingerprint density at radius 2 is 1.12 bits per heavy atom. The fourth-order valence-corrected chi connectivity index (χ4v) is 3.96. The van der Waals surface area contributed by atoms with E-state index < -0.39 is 17.5 Å². The van der Waals surface area contributed by atoms with Crippen LogP contribution in [-0.2, 0) is 0 Å². The van der Waals surface area contributed by atoms with Gasteiger partial charge in [-0.1, -0.05) is 0 Å². The highest BCUT2D eigenvalue weighted by Crippen LogP contribution is 2.31. The number of rotatable bonds is 1. The predicted molar refractivity (Wildman–Crippen MR) is 123 cm³/mol. The number of halogens is 3. The minimum absolute atomic E-state index is 0.195. The molecule has 0 radical (unpaired) electrons. The van der Waals surface area contributed by atoms with Gasteiger partial charge in [-0.25, -0.2) is 23.1 Å². The molecular weight excluding hydrogens is 425 g/mol. The number of hydrogen-bond acceptors (Lipinski definition) is 2. The first kappa shape index (κ1) is 19.3. The van der Waals surface area contributed by atoms with Crippen LogP contribution in [0.1, 0.15) is 28.3 Å². The fourth-order valence-electron chi connectivity index (χ4n) is 3.96. The molecule has 0 spiro atoms. The monoisotopic (exact) mass is 440 g/mol. The first-order chi connectivity index (χ1) is 16.0. The molecule has 33 heavy (non-hydrogen) atoms. The van der Waals surface area contributed by atoms with Crippen LogP contribution in [0.4, 0.5) is 13.2 Å². The molecule has 0 fully saturated rings. The van der Waals surface area contributed by atoms with Crippen LogP contribution in [-0.4, -0.2) is 19.9 Å². The molecule has 1 aromatic carbocycles. The summed E-state index contributed by atoms with van der Waals surface area (Å²) in [4.78, 5) is 15.9. The summed E-state index contributed by atoms with van der Waals surface area (Å²) in [5, 5.41) is 0. The molecular formula is C26H15F3N4. The van der Waals surface area contributed by atoms with Gasteiger partial charge in [0.1, 0.15) is 0 Å². The Hall–Kier alpha value is -4.39. The number of H-pyrrole nitrogens is 2. The maximum atomic E-state index is 14.0. The molecule has 3 aromatic heterocycles. The Morgan fingerprint density at radius 1 is 0.576 bits per heavy atom. The van der Waals surface area contributed by atoms with E-state index in [1.165, 1.54) is 0 Å². The number of aromatic amines is 2. The summed E-state index contributed by atoms with van der Waals surface area (Å²) in [5.41, 5.74) is 6.68. The van der Waals surface area contributed by atoms with Gasteiger partial charge in [0.25, 0.3) is 0 Å². The quantitative estimate of drug-likeness (QED) is 0.287. The Bertz CT molecular complexity index is 1630. The number of aromatic nitrogens is 4. The minimum atomic E-state index is -1.50. The second-order valence-corrected chi connectivity index (χ2v) is 7.84. The van der Waals surface area contributed by atoms with Crippen LogP contribution in [0.2, 0.25) is 0 Å². The predicted octanol–water partition coefficient (Wildman–Crippen LogP) is 6.49. The van der Waals surface area contributed by atoms with Crippen molar-refractivity contribution >= 4 is 45.9 Å². The number of nitrogens with zero attached hydrogens (tertiary/aromatic N) is 2. The van der Waals surface area contributed by atoms with Gasteiger partial charge in [0.15, 0.2) is 17.5 Å². The average molecular weight is 440 g/mol. The molecule has 160 valence electrons. The molecule has 0 atom stereocenters. The lowest BCUT2D eigenvalue weighted by atomic mass is 10.0. The van der Waals surface area contributed by atoms with Gasteiger partial charge in [0.05, 0.1) is 22.8 Å². The third kappa shape index (κ3) is 3.63. The van der Waals surface area contributed by atoms with E-state index in [0.29, 0.717) is 22.7 Å². The molecule has 0 unspecified atom stereocenters. The molecule has 8 bridgehead atoms. The van der Waals surface area contributed by atoms with Gasteiger partial charge in [-0.15, -0.1) is 0 Å². The third-order valence-corrected chi connectivity index (χ3v) is 5.46. The molecule has 0 saturated carbocycles. The maximum Gasteiger partial charge on any atom is 0.194 e. The highest BCUT2D eigenvalue weighted by atomic mass is 19.2. The molecule has 0 saturated heterocycles. The summed E-state index contributed by atoms with van der Waals surface area (Å²) in [6, 6.07) is 17.2. The van der Waals surface area contributed by atoms with E-state index in [-0.39, 0.29) is 5.56 Å². The Kier molecular flexibility index (Phi) is 4.29. The lowest BCUT2D eigenvalue weighted by Gasteiger charge is -2.04. The van der Waals surface area contributed by atoms with Gasteiger partial charge in [-0.05, 0) is 84.5 Å². The zero-order valence-electron chi connectivity index (χ0n) is 17.0. The van der Waals surface area contributed by atoms with Gasteiger partial charge in [-0.2, -0.15) is 0 Å². The summed E-state index contributed by atoms with van der Waals surface area (Å²) in [6.45, 7) is 0. The van der Waals surface area contributed by atoms with Gasteiger partial charge in [-0.3, -0.25) is 0 Å². The van der Waals surface area contributed by atoms with E-state index in [0.717, 1.165) is 39.9 Å². The van der Waals surface area contributed by atoms with E-state index in [1.54, 1.807) is 12.1 Å². The third-order valence-electron chi connectivity index (χ3n) is 5.46. The molecule has 2 aliphatic rings. The van der Waals surface area contributed by atoms with Crippen LogP contribution >= 0.6 is 0 Å². The van der Waals surface area contributed by atoms with E-state index >= 15 is 0 Å². The number of nitrogens with one attached hydrogen (secondary N) is 2. The summed E-state index contributed by atoms with van der Waals surface area (Å²) in [5.74, 6) is -4.00. The largest absolute Gasteiger partial charge is 0.355 e. The van der Waals surface area contributed by atoms with Crippen molar-refractivity contribution < 1.29 is 13.2 Å². The first-order valence-corrected chi connectivity index (χ1v) is 10.2. The molecule has 6 rings (SSSR count). The average Bonchev–Trinajstić information content (AvgIpc) is 3.56. The van der Waals surface area contributed by atoms with Crippen LogP contribution in [0.15, 0.2) is 60.7 Å². The van der Waals surface area contributed by atoms with Crippen molar-refractivity contribution in [2.45, 2.75) is 0 Å². The molecule has 0 amide bonds. The van der Waals surface area contributed by atoms with Gasteiger partial charge in [0, 0.05) is 27.6 Å². The van der Waals surface area contributed by atoms with Crippen LogP contribution in [0.5, 0.6) is 0 Å². The van der Waals surface area contributed by atoms with E-state index in [9.17, 15) is 13.2 Å². The summed E-state index contributed by atoms with van der Waals surface area (Å²) >= 11 is 0. The molecule has 4 aromatic rings. The Labute approximate surface area is 185 Å².